The van der Waals surface area contributed by atoms with Crippen LogP contribution in [0.25, 0.3) is 0 Å². The highest BCUT2D eigenvalue weighted by molar-refractivity contribution is 7.92. The fraction of sp³-hybridized carbons (Fsp3) is 0.174. The molecule has 1 amide bonds. The average molecular weight is 549 g/mol. The van der Waals surface area contributed by atoms with Crippen LogP contribution in [0.5, 0.6) is 5.75 Å². The Labute approximate surface area is 214 Å². The quantitative estimate of drug-likeness (QED) is 0.288. The predicted octanol–water partition coefficient (Wildman–Crippen LogP) is 3.12. The molecule has 3 aromatic carbocycles. The molecular weight excluding hydrogens is 524 g/mol. The van der Waals surface area contributed by atoms with Crippen molar-refractivity contribution in [1.82, 2.24) is 0 Å². The van der Waals surface area contributed by atoms with Gasteiger partial charge >= 0.3 is 0 Å². The first-order chi connectivity index (χ1) is 17.3. The number of aryl methyl sites for hydroxylation is 1. The van der Waals surface area contributed by atoms with Gasteiger partial charge in [-0.25, -0.2) is 16.8 Å². The number of ether oxygens (including phenoxy) is 1. The van der Waals surface area contributed by atoms with Crippen molar-refractivity contribution in [3.63, 3.8) is 0 Å². The minimum Gasteiger partial charge on any atom is -0.495 e. The molecule has 0 spiro atoms. The van der Waals surface area contributed by atoms with Crippen LogP contribution in [0.3, 0.4) is 0 Å². The van der Waals surface area contributed by atoms with Crippen LogP contribution in [0.1, 0.15) is 5.56 Å². The fourth-order valence-electron chi connectivity index (χ4n) is 3.25. The van der Waals surface area contributed by atoms with Crippen LogP contribution in [0.15, 0.2) is 71.6 Å². The normalized spacial score (nSPS) is 11.4. The molecule has 0 bridgehead atoms. The lowest BCUT2D eigenvalue weighted by atomic mass is 10.2. The fourth-order valence-corrected chi connectivity index (χ4v) is 5.16. The second kappa shape index (κ2) is 10.8. The Bertz CT molecular complexity index is 1520. The second-order valence-corrected chi connectivity index (χ2v) is 11.5. The van der Waals surface area contributed by atoms with Crippen molar-refractivity contribution in [2.45, 2.75) is 11.8 Å². The summed E-state index contributed by atoms with van der Waals surface area (Å²) in [5.74, 6) is -0.758. The predicted molar refractivity (Wildman–Crippen MR) is 139 cm³/mol. The molecule has 2 N–H and O–H groups in total. The molecule has 14 heteroatoms. The molecule has 196 valence electrons. The van der Waals surface area contributed by atoms with Gasteiger partial charge in [0.25, 0.3) is 15.7 Å². The van der Waals surface area contributed by atoms with E-state index in [0.29, 0.717) is 9.99 Å². The minimum atomic E-state index is -4.06. The molecule has 0 heterocycles. The summed E-state index contributed by atoms with van der Waals surface area (Å²) in [7, 11) is -6.68. The molecule has 0 aromatic heterocycles. The van der Waals surface area contributed by atoms with Crippen molar-refractivity contribution in [2.24, 2.45) is 0 Å². The van der Waals surface area contributed by atoms with E-state index in [0.717, 1.165) is 24.0 Å². The van der Waals surface area contributed by atoms with Crippen molar-refractivity contribution in [3.8, 4) is 5.75 Å². The third-order valence-corrected chi connectivity index (χ3v) is 7.61. The molecule has 0 saturated heterocycles. The van der Waals surface area contributed by atoms with Gasteiger partial charge in [-0.3, -0.25) is 23.9 Å². The highest BCUT2D eigenvalue weighted by atomic mass is 32.2. The lowest BCUT2D eigenvalue weighted by Gasteiger charge is -2.23. The summed E-state index contributed by atoms with van der Waals surface area (Å²) in [5.41, 5.74) is 0.999. The molecule has 0 aliphatic rings. The summed E-state index contributed by atoms with van der Waals surface area (Å²) < 4.78 is 58.4. The summed E-state index contributed by atoms with van der Waals surface area (Å²) in [6.07, 6.45) is 0.846. The molecule has 0 unspecified atom stereocenters. The molecule has 0 aliphatic heterocycles. The molecule has 12 nitrogen and oxygen atoms in total. The monoisotopic (exact) mass is 548 g/mol. The van der Waals surface area contributed by atoms with Crippen LogP contribution in [0.4, 0.5) is 22.7 Å². The van der Waals surface area contributed by atoms with Gasteiger partial charge in [0.1, 0.15) is 18.0 Å². The minimum absolute atomic E-state index is 0.0134. The molecule has 0 radical (unpaired) electrons. The smallest absolute Gasteiger partial charge is 0.271 e. The summed E-state index contributed by atoms with van der Waals surface area (Å²) in [4.78, 5) is 23.1. The topological polar surface area (TPSA) is 165 Å². The Kier molecular flexibility index (Phi) is 8.03. The number of sulfonamides is 2. The van der Waals surface area contributed by atoms with Crippen LogP contribution in [-0.2, 0) is 24.8 Å². The molecule has 0 fully saturated rings. The zero-order valence-corrected chi connectivity index (χ0v) is 21.7. The van der Waals surface area contributed by atoms with Gasteiger partial charge in [-0.05, 0) is 49.4 Å². The Hall–Kier alpha value is -4.17. The van der Waals surface area contributed by atoms with Crippen molar-refractivity contribution in [2.75, 3.05) is 34.3 Å². The number of non-ortho nitro benzene ring substituents is 1. The maximum Gasteiger partial charge on any atom is 0.271 e. The first-order valence-electron chi connectivity index (χ1n) is 10.6. The SMILES string of the molecule is COc1ccc([N+](=O)[O-])cc1N(CC(=O)Nc1ccc(S(=O)(=O)Nc2ccc(C)cc2)cc1)S(C)(=O)=O. The first kappa shape index (κ1) is 27.4. The molecular formula is C23H24N4O8S2. The van der Waals surface area contributed by atoms with E-state index in [4.69, 9.17) is 4.74 Å². The molecule has 3 rings (SSSR count). The van der Waals surface area contributed by atoms with E-state index in [9.17, 15) is 31.7 Å². The molecule has 0 atom stereocenters. The van der Waals surface area contributed by atoms with E-state index in [-0.39, 0.29) is 27.7 Å². The number of amides is 1. The number of nitro benzene ring substituents is 1. The Morgan fingerprint density at radius 3 is 2.11 bits per heavy atom. The standard InChI is InChI=1S/C23H24N4O8S2/c1-16-4-6-18(7-5-16)25-37(33,34)20-11-8-17(9-12-20)24-23(28)15-26(36(3,31)32)21-14-19(27(29)30)10-13-22(21)35-2/h4-14,25H,15H2,1-3H3,(H,24,28). The van der Waals surface area contributed by atoms with Crippen molar-refractivity contribution < 1.29 is 31.3 Å². The maximum atomic E-state index is 12.7. The summed E-state index contributed by atoms with van der Waals surface area (Å²) in [5, 5.41) is 13.7. The van der Waals surface area contributed by atoms with Gasteiger partial charge < -0.3 is 10.1 Å². The number of nitrogens with one attached hydrogen (secondary N) is 2. The summed E-state index contributed by atoms with van der Waals surface area (Å²) >= 11 is 0. The van der Waals surface area contributed by atoms with E-state index < -0.39 is 37.4 Å². The Balaban J connectivity index is 1.78. The third kappa shape index (κ3) is 6.95. The van der Waals surface area contributed by atoms with Gasteiger partial charge in [-0.2, -0.15) is 0 Å². The number of benzene rings is 3. The van der Waals surface area contributed by atoms with Gasteiger partial charge in [-0.1, -0.05) is 17.7 Å². The largest absolute Gasteiger partial charge is 0.495 e. The lowest BCUT2D eigenvalue weighted by molar-refractivity contribution is -0.384. The van der Waals surface area contributed by atoms with E-state index >= 15 is 0 Å². The van der Waals surface area contributed by atoms with Gasteiger partial charge in [0, 0.05) is 23.5 Å². The summed E-state index contributed by atoms with van der Waals surface area (Å²) in [6.45, 7) is 1.16. The highest BCUT2D eigenvalue weighted by Gasteiger charge is 2.26. The lowest BCUT2D eigenvalue weighted by Crippen LogP contribution is -2.37. The third-order valence-electron chi connectivity index (χ3n) is 5.08. The van der Waals surface area contributed by atoms with Crippen molar-refractivity contribution in [3.05, 3.63) is 82.4 Å². The molecule has 0 saturated carbocycles. The van der Waals surface area contributed by atoms with E-state index in [1.165, 1.54) is 37.4 Å². The average Bonchev–Trinajstić information content (AvgIpc) is 2.83. The first-order valence-corrected chi connectivity index (χ1v) is 13.9. The van der Waals surface area contributed by atoms with E-state index in [1.54, 1.807) is 24.3 Å². The number of hydrogen-bond acceptors (Lipinski definition) is 8. The Morgan fingerprint density at radius 1 is 0.973 bits per heavy atom. The highest BCUT2D eigenvalue weighted by Crippen LogP contribution is 2.33. The molecule has 3 aromatic rings. The summed E-state index contributed by atoms with van der Waals surface area (Å²) in [6, 6.07) is 15.4. The zero-order chi connectivity index (χ0) is 27.4. The van der Waals surface area contributed by atoms with Crippen LogP contribution in [-0.4, -0.2) is 47.6 Å². The van der Waals surface area contributed by atoms with Crippen LogP contribution >= 0.6 is 0 Å². The Morgan fingerprint density at radius 2 is 1.57 bits per heavy atom. The molecule has 37 heavy (non-hydrogen) atoms. The van der Waals surface area contributed by atoms with Gasteiger partial charge in [0.15, 0.2) is 0 Å². The van der Waals surface area contributed by atoms with E-state index in [2.05, 4.69) is 10.0 Å². The number of hydrogen-bond donors (Lipinski definition) is 2. The van der Waals surface area contributed by atoms with Crippen molar-refractivity contribution in [1.29, 1.82) is 0 Å². The van der Waals surface area contributed by atoms with Crippen LogP contribution in [0, 0.1) is 17.0 Å². The van der Waals surface area contributed by atoms with Crippen LogP contribution in [0.2, 0.25) is 0 Å². The molecule has 0 aliphatic carbocycles. The maximum absolute atomic E-state index is 12.7. The zero-order valence-electron chi connectivity index (χ0n) is 20.0. The number of methoxy groups -OCH3 is 1. The number of carbonyl (C=O) groups excluding carboxylic acids is 1. The van der Waals surface area contributed by atoms with Gasteiger partial charge in [0.05, 0.1) is 23.2 Å². The van der Waals surface area contributed by atoms with Gasteiger partial charge in [-0.15, -0.1) is 0 Å². The number of rotatable bonds is 10. The number of carbonyl (C=O) groups is 1. The number of nitro groups is 1. The van der Waals surface area contributed by atoms with E-state index in [1.807, 2.05) is 6.92 Å². The van der Waals surface area contributed by atoms with Gasteiger partial charge in [0.2, 0.25) is 15.9 Å². The number of nitrogens with zero attached hydrogens (tertiary/aromatic N) is 2. The van der Waals surface area contributed by atoms with Crippen LogP contribution < -0.4 is 19.1 Å². The second-order valence-electron chi connectivity index (χ2n) is 7.93. The number of anilines is 3. The van der Waals surface area contributed by atoms with Crippen molar-refractivity contribution >= 4 is 48.7 Å².